The van der Waals surface area contributed by atoms with Crippen LogP contribution in [0.2, 0.25) is 0 Å². The number of benzene rings is 3. The van der Waals surface area contributed by atoms with E-state index in [1.807, 2.05) is 24.3 Å². The van der Waals surface area contributed by atoms with Crippen molar-refractivity contribution in [2.45, 2.75) is 45.4 Å². The molecule has 1 aromatic heterocycles. The SMILES string of the molecule is CCc1ccc(-c2nc3c(N4CCN(CCOc5ccc(NC(=O)CC6CCCC6)cc5)CC4)cccc3[nH]2)cc1. The van der Waals surface area contributed by atoms with E-state index in [4.69, 9.17) is 9.72 Å². The van der Waals surface area contributed by atoms with Gasteiger partial charge < -0.3 is 19.9 Å². The number of piperazine rings is 1. The lowest BCUT2D eigenvalue weighted by molar-refractivity contribution is -0.117. The minimum absolute atomic E-state index is 0.121. The van der Waals surface area contributed by atoms with Crippen molar-refractivity contribution in [2.24, 2.45) is 5.92 Å². The van der Waals surface area contributed by atoms with Crippen LogP contribution in [0.15, 0.2) is 66.7 Å². The molecule has 41 heavy (non-hydrogen) atoms. The molecular weight excluding hydrogens is 510 g/mol. The number of aromatic amines is 1. The van der Waals surface area contributed by atoms with Crippen molar-refractivity contribution in [3.63, 3.8) is 0 Å². The Bertz CT molecular complexity index is 1430. The summed E-state index contributed by atoms with van der Waals surface area (Å²) in [6.07, 6.45) is 6.57. The average molecular weight is 552 g/mol. The van der Waals surface area contributed by atoms with Gasteiger partial charge in [0.05, 0.1) is 11.2 Å². The maximum absolute atomic E-state index is 12.3. The van der Waals surface area contributed by atoms with Gasteiger partial charge in [-0.05, 0) is 67.1 Å². The fourth-order valence-corrected chi connectivity index (χ4v) is 6.14. The fourth-order valence-electron chi connectivity index (χ4n) is 6.14. The summed E-state index contributed by atoms with van der Waals surface area (Å²) >= 11 is 0. The van der Waals surface area contributed by atoms with E-state index in [0.29, 0.717) is 18.9 Å². The number of amides is 1. The Labute approximate surface area is 242 Å². The van der Waals surface area contributed by atoms with Crippen molar-refractivity contribution in [1.29, 1.82) is 0 Å². The van der Waals surface area contributed by atoms with Gasteiger partial charge in [0.15, 0.2) is 0 Å². The number of para-hydroxylation sites is 1. The van der Waals surface area contributed by atoms with Crippen LogP contribution in [0.25, 0.3) is 22.4 Å². The highest BCUT2D eigenvalue weighted by Crippen LogP contribution is 2.30. The first-order valence-corrected chi connectivity index (χ1v) is 15.2. The normalized spacial score (nSPS) is 16.4. The summed E-state index contributed by atoms with van der Waals surface area (Å²) in [7, 11) is 0. The molecule has 0 bridgehead atoms. The van der Waals surface area contributed by atoms with Crippen LogP contribution in [0, 0.1) is 5.92 Å². The molecule has 3 aromatic carbocycles. The summed E-state index contributed by atoms with van der Waals surface area (Å²) in [6, 6.07) is 22.8. The second kappa shape index (κ2) is 12.8. The molecule has 2 fully saturated rings. The lowest BCUT2D eigenvalue weighted by atomic mass is 10.0. The molecule has 214 valence electrons. The lowest BCUT2D eigenvalue weighted by Crippen LogP contribution is -2.47. The largest absolute Gasteiger partial charge is 0.492 e. The molecule has 6 rings (SSSR count). The number of imidazole rings is 1. The number of nitrogens with zero attached hydrogens (tertiary/aromatic N) is 3. The summed E-state index contributed by atoms with van der Waals surface area (Å²) < 4.78 is 6.02. The fraction of sp³-hybridized carbons (Fsp3) is 0.412. The number of carbonyl (C=O) groups excluding carboxylic acids is 1. The Morgan fingerprint density at radius 3 is 2.46 bits per heavy atom. The third kappa shape index (κ3) is 6.73. The Hall–Kier alpha value is -3.84. The van der Waals surface area contributed by atoms with Gasteiger partial charge >= 0.3 is 0 Å². The summed E-state index contributed by atoms with van der Waals surface area (Å²) in [5, 5.41) is 3.03. The van der Waals surface area contributed by atoms with Gasteiger partial charge in [0.2, 0.25) is 5.91 Å². The van der Waals surface area contributed by atoms with Crippen LogP contribution in [0.5, 0.6) is 5.75 Å². The van der Waals surface area contributed by atoms with Crippen molar-refractivity contribution in [1.82, 2.24) is 14.9 Å². The van der Waals surface area contributed by atoms with Crippen LogP contribution in [-0.2, 0) is 11.2 Å². The standard InChI is InChI=1S/C34H41N5O2/c1-2-25-10-12-27(13-11-25)34-36-30-8-5-9-31(33(30)37-34)39-20-18-38(19-21-39)22-23-41-29-16-14-28(15-17-29)35-32(40)24-26-6-3-4-7-26/h5,8-17,26H,2-4,6-7,18-24H2,1H3,(H,35,40)(H,36,37). The number of H-pyrrole nitrogens is 1. The predicted octanol–water partition coefficient (Wildman–Crippen LogP) is 6.51. The molecule has 0 atom stereocenters. The van der Waals surface area contributed by atoms with E-state index in [2.05, 4.69) is 69.5 Å². The van der Waals surface area contributed by atoms with Gasteiger partial charge in [-0.15, -0.1) is 0 Å². The maximum atomic E-state index is 12.3. The van der Waals surface area contributed by atoms with Gasteiger partial charge in [-0.25, -0.2) is 4.98 Å². The summed E-state index contributed by atoms with van der Waals surface area (Å²) in [5.41, 5.74) is 6.60. The molecule has 1 aliphatic heterocycles. The van der Waals surface area contributed by atoms with Gasteiger partial charge in [-0.2, -0.15) is 0 Å². The van der Waals surface area contributed by atoms with Gasteiger partial charge in [0.1, 0.15) is 23.7 Å². The molecule has 1 saturated heterocycles. The van der Waals surface area contributed by atoms with Crippen LogP contribution in [0.3, 0.4) is 0 Å². The van der Waals surface area contributed by atoms with E-state index in [9.17, 15) is 4.79 Å². The number of hydrogen-bond donors (Lipinski definition) is 2. The van der Waals surface area contributed by atoms with E-state index < -0.39 is 0 Å². The monoisotopic (exact) mass is 551 g/mol. The molecular formula is C34H41N5O2. The molecule has 1 saturated carbocycles. The zero-order valence-corrected chi connectivity index (χ0v) is 24.1. The number of ether oxygens (including phenoxy) is 1. The summed E-state index contributed by atoms with van der Waals surface area (Å²) in [6.45, 7) is 7.60. The van der Waals surface area contributed by atoms with Crippen molar-refractivity contribution in [3.8, 4) is 17.1 Å². The number of nitrogens with one attached hydrogen (secondary N) is 2. The van der Waals surface area contributed by atoms with Gasteiger partial charge in [0.25, 0.3) is 0 Å². The number of rotatable bonds is 10. The van der Waals surface area contributed by atoms with Crippen LogP contribution in [-0.4, -0.2) is 60.1 Å². The molecule has 4 aromatic rings. The molecule has 7 heteroatoms. The number of carbonyl (C=O) groups is 1. The Balaban J connectivity index is 0.972. The highest BCUT2D eigenvalue weighted by atomic mass is 16.5. The van der Waals surface area contributed by atoms with Gasteiger partial charge in [-0.1, -0.05) is 50.1 Å². The minimum atomic E-state index is 0.121. The van der Waals surface area contributed by atoms with E-state index >= 15 is 0 Å². The van der Waals surface area contributed by atoms with Crippen LogP contribution in [0.1, 0.15) is 44.6 Å². The first-order valence-electron chi connectivity index (χ1n) is 15.2. The predicted molar refractivity (Wildman–Crippen MR) is 167 cm³/mol. The molecule has 1 amide bonds. The lowest BCUT2D eigenvalue weighted by Gasteiger charge is -2.36. The third-order valence-electron chi connectivity index (χ3n) is 8.60. The van der Waals surface area contributed by atoms with Crippen LogP contribution < -0.4 is 15.0 Å². The second-order valence-corrected chi connectivity index (χ2v) is 11.4. The molecule has 0 radical (unpaired) electrons. The van der Waals surface area contributed by atoms with Gasteiger partial charge in [0, 0.05) is 50.4 Å². The average Bonchev–Trinajstić information content (AvgIpc) is 3.68. The summed E-state index contributed by atoms with van der Waals surface area (Å²) in [5.74, 6) is 2.43. The second-order valence-electron chi connectivity index (χ2n) is 11.4. The van der Waals surface area contributed by atoms with Crippen LogP contribution >= 0.6 is 0 Å². The topological polar surface area (TPSA) is 73.5 Å². The zero-order chi connectivity index (χ0) is 28.0. The molecule has 2 aliphatic rings. The molecule has 0 spiro atoms. The highest BCUT2D eigenvalue weighted by molar-refractivity contribution is 5.91. The molecule has 2 N–H and O–H groups in total. The van der Waals surface area contributed by atoms with Gasteiger partial charge in [-0.3, -0.25) is 9.69 Å². The first kappa shape index (κ1) is 27.3. The van der Waals surface area contributed by atoms with E-state index in [-0.39, 0.29) is 5.91 Å². The van der Waals surface area contributed by atoms with Crippen molar-refractivity contribution < 1.29 is 9.53 Å². The van der Waals surface area contributed by atoms with E-state index in [0.717, 1.165) is 73.0 Å². The van der Waals surface area contributed by atoms with Crippen molar-refractivity contribution in [3.05, 3.63) is 72.3 Å². The number of aromatic nitrogens is 2. The molecule has 2 heterocycles. The number of fused-ring (bicyclic) bond motifs is 1. The third-order valence-corrected chi connectivity index (χ3v) is 8.60. The van der Waals surface area contributed by atoms with E-state index in [1.165, 1.54) is 36.9 Å². The number of hydrogen-bond acceptors (Lipinski definition) is 5. The molecule has 7 nitrogen and oxygen atoms in total. The highest BCUT2D eigenvalue weighted by Gasteiger charge is 2.21. The first-order chi connectivity index (χ1) is 20.1. The molecule has 0 unspecified atom stereocenters. The number of aryl methyl sites for hydroxylation is 1. The minimum Gasteiger partial charge on any atom is -0.492 e. The zero-order valence-electron chi connectivity index (χ0n) is 24.1. The van der Waals surface area contributed by atoms with Crippen molar-refractivity contribution in [2.75, 3.05) is 49.5 Å². The quantitative estimate of drug-likeness (QED) is 0.235. The Morgan fingerprint density at radius 1 is 0.976 bits per heavy atom. The number of anilines is 2. The smallest absolute Gasteiger partial charge is 0.224 e. The van der Waals surface area contributed by atoms with Crippen molar-refractivity contribution >= 4 is 28.3 Å². The Kier molecular flexibility index (Phi) is 8.52. The Morgan fingerprint density at radius 2 is 1.73 bits per heavy atom. The van der Waals surface area contributed by atoms with Crippen LogP contribution in [0.4, 0.5) is 11.4 Å². The maximum Gasteiger partial charge on any atom is 0.224 e. The summed E-state index contributed by atoms with van der Waals surface area (Å²) in [4.78, 5) is 25.7. The van der Waals surface area contributed by atoms with E-state index in [1.54, 1.807) is 0 Å². The molecule has 1 aliphatic carbocycles.